The molecule has 1 aromatic carbocycles. The summed E-state index contributed by atoms with van der Waals surface area (Å²) in [6, 6.07) is 5.93. The minimum atomic E-state index is -0.425. The molecule has 1 saturated heterocycles. The lowest BCUT2D eigenvalue weighted by Gasteiger charge is -2.36. The van der Waals surface area contributed by atoms with Gasteiger partial charge in [0.05, 0.1) is 5.69 Å². The van der Waals surface area contributed by atoms with E-state index in [-0.39, 0.29) is 17.6 Å². The second kappa shape index (κ2) is 8.58. The fourth-order valence-electron chi connectivity index (χ4n) is 4.02. The molecule has 0 radical (unpaired) electrons. The second-order valence-corrected chi connectivity index (χ2v) is 9.20. The Morgan fingerprint density at radius 3 is 3.00 bits per heavy atom. The summed E-state index contributed by atoms with van der Waals surface area (Å²) in [6.45, 7) is 3.41. The van der Waals surface area contributed by atoms with Gasteiger partial charge in [0, 0.05) is 54.9 Å². The zero-order valence-electron chi connectivity index (χ0n) is 17.6. The number of fused-ring (bicyclic) bond motifs is 2. The van der Waals surface area contributed by atoms with Crippen LogP contribution in [-0.2, 0) is 13.0 Å². The van der Waals surface area contributed by atoms with E-state index < -0.39 is 6.17 Å². The number of aromatic amines is 1. The highest BCUT2D eigenvalue weighted by Gasteiger charge is 2.28. The summed E-state index contributed by atoms with van der Waals surface area (Å²) in [4.78, 5) is 36.6. The van der Waals surface area contributed by atoms with E-state index in [1.807, 2.05) is 0 Å². The highest BCUT2D eigenvalue weighted by Crippen LogP contribution is 2.24. The Kier molecular flexibility index (Phi) is 5.64. The van der Waals surface area contributed by atoms with Crippen molar-refractivity contribution in [3.63, 3.8) is 0 Å². The molecule has 9 nitrogen and oxygen atoms in total. The van der Waals surface area contributed by atoms with Gasteiger partial charge in [-0.25, -0.2) is 9.37 Å². The van der Waals surface area contributed by atoms with Crippen LogP contribution in [0.1, 0.15) is 30.9 Å². The van der Waals surface area contributed by atoms with Crippen LogP contribution in [0, 0.1) is 5.82 Å². The molecule has 32 heavy (non-hydrogen) atoms. The number of piperazine rings is 1. The Bertz CT molecular complexity index is 1180. The number of halogens is 1. The predicted octanol–water partition coefficient (Wildman–Crippen LogP) is 1.06. The molecule has 1 atom stereocenters. The summed E-state index contributed by atoms with van der Waals surface area (Å²) in [6.07, 6.45) is 0.419. The lowest BCUT2D eigenvalue weighted by Crippen LogP contribution is -2.64. The van der Waals surface area contributed by atoms with Gasteiger partial charge >= 0.3 is 0 Å². The fraction of sp³-hybridized carbons (Fsp3) is 0.381. The highest BCUT2D eigenvalue weighted by molar-refractivity contribution is 7.13. The maximum absolute atomic E-state index is 13.5. The number of benzene rings is 1. The quantitative estimate of drug-likeness (QED) is 0.467. The maximum Gasteiger partial charge on any atom is 0.282 e. The molecule has 0 saturated carbocycles. The van der Waals surface area contributed by atoms with Crippen molar-refractivity contribution in [1.29, 1.82) is 0 Å². The first-order valence-corrected chi connectivity index (χ1v) is 11.3. The SMILES string of the molecule is CN1CCc2nc(C(=O)NC3CNCCN3NC(=O)c3cc4cc(F)ccc4[nH]3)sc2C1. The molecule has 2 amide bonds. The Labute approximate surface area is 188 Å². The van der Waals surface area contributed by atoms with E-state index in [4.69, 9.17) is 0 Å². The van der Waals surface area contributed by atoms with E-state index in [0.717, 1.165) is 30.1 Å². The molecule has 5 rings (SSSR count). The molecule has 1 unspecified atom stereocenters. The van der Waals surface area contributed by atoms with Gasteiger partial charge in [-0.3, -0.25) is 15.0 Å². The minimum absolute atomic E-state index is 0.249. The summed E-state index contributed by atoms with van der Waals surface area (Å²) in [5.41, 5.74) is 4.87. The van der Waals surface area contributed by atoms with Crippen LogP contribution in [0.3, 0.4) is 0 Å². The van der Waals surface area contributed by atoms with E-state index in [9.17, 15) is 14.0 Å². The normalized spacial score (nSPS) is 19.6. The van der Waals surface area contributed by atoms with E-state index in [2.05, 4.69) is 38.0 Å². The number of carbonyl (C=O) groups is 2. The molecule has 4 N–H and O–H groups in total. The van der Waals surface area contributed by atoms with E-state index in [1.165, 1.54) is 23.5 Å². The van der Waals surface area contributed by atoms with Gasteiger partial charge in [0.15, 0.2) is 5.01 Å². The van der Waals surface area contributed by atoms with E-state index in [0.29, 0.717) is 41.2 Å². The molecular formula is C21H24FN7O2S. The van der Waals surface area contributed by atoms with Crippen LogP contribution in [0.15, 0.2) is 24.3 Å². The molecule has 3 aromatic rings. The number of likely N-dealkylation sites (N-methyl/N-ethyl adjacent to an activating group) is 1. The van der Waals surface area contributed by atoms with Crippen LogP contribution in [0.2, 0.25) is 0 Å². The zero-order chi connectivity index (χ0) is 22.2. The first kappa shape index (κ1) is 21.0. The number of nitrogens with zero attached hydrogens (tertiary/aromatic N) is 3. The molecule has 11 heteroatoms. The lowest BCUT2D eigenvalue weighted by molar-refractivity contribution is 0.0486. The first-order chi connectivity index (χ1) is 15.5. The van der Waals surface area contributed by atoms with Gasteiger partial charge in [0.25, 0.3) is 11.8 Å². The molecule has 0 spiro atoms. The monoisotopic (exact) mass is 457 g/mol. The average molecular weight is 458 g/mol. The van der Waals surface area contributed by atoms with Gasteiger partial charge in [0.2, 0.25) is 0 Å². The second-order valence-electron chi connectivity index (χ2n) is 8.12. The van der Waals surface area contributed by atoms with Crippen molar-refractivity contribution in [2.24, 2.45) is 0 Å². The maximum atomic E-state index is 13.5. The predicted molar refractivity (Wildman–Crippen MR) is 119 cm³/mol. The van der Waals surface area contributed by atoms with Gasteiger partial charge in [-0.05, 0) is 31.3 Å². The number of carbonyl (C=O) groups excluding carboxylic acids is 2. The van der Waals surface area contributed by atoms with Crippen molar-refractivity contribution in [2.45, 2.75) is 19.1 Å². The minimum Gasteiger partial charge on any atom is -0.350 e. The fourth-order valence-corrected chi connectivity index (χ4v) is 5.11. The number of hydrogen-bond donors (Lipinski definition) is 4. The summed E-state index contributed by atoms with van der Waals surface area (Å²) < 4.78 is 13.5. The number of hydrogen-bond acceptors (Lipinski definition) is 7. The summed E-state index contributed by atoms with van der Waals surface area (Å²) >= 11 is 1.42. The van der Waals surface area contributed by atoms with Crippen molar-refractivity contribution < 1.29 is 14.0 Å². The Balaban J connectivity index is 1.27. The largest absolute Gasteiger partial charge is 0.350 e. The summed E-state index contributed by atoms with van der Waals surface area (Å²) in [5.74, 6) is -0.958. The van der Waals surface area contributed by atoms with Crippen LogP contribution in [-0.4, -0.2) is 71.1 Å². The van der Waals surface area contributed by atoms with Crippen LogP contribution in [0.5, 0.6) is 0 Å². The third-order valence-corrected chi connectivity index (χ3v) is 6.81. The molecule has 0 bridgehead atoms. The van der Waals surface area contributed by atoms with Crippen molar-refractivity contribution in [2.75, 3.05) is 33.2 Å². The number of thiazole rings is 1. The molecule has 4 heterocycles. The standard InChI is InChI=1S/C21H24FN7O2S/c1-28-6-4-15-17(11-28)32-21(25-15)20(31)26-18-10-23-5-7-29(18)27-19(30)16-9-12-8-13(22)2-3-14(12)24-16/h2-3,8-9,18,23-24H,4-7,10-11H2,1H3,(H,26,31)(H,27,30). The lowest BCUT2D eigenvalue weighted by atomic mass is 10.2. The molecule has 2 aromatic heterocycles. The number of rotatable bonds is 4. The van der Waals surface area contributed by atoms with Crippen molar-refractivity contribution in [1.82, 2.24) is 35.9 Å². The number of amides is 2. The Morgan fingerprint density at radius 1 is 1.25 bits per heavy atom. The molecule has 1 fully saturated rings. The molecule has 0 aliphatic carbocycles. The van der Waals surface area contributed by atoms with E-state index >= 15 is 0 Å². The molecule has 2 aliphatic heterocycles. The number of nitrogens with one attached hydrogen (secondary N) is 4. The molecule has 168 valence electrons. The molecule has 2 aliphatic rings. The number of hydrazine groups is 1. The summed E-state index contributed by atoms with van der Waals surface area (Å²) in [5, 5.41) is 9.00. The van der Waals surface area contributed by atoms with Crippen molar-refractivity contribution >= 4 is 34.1 Å². The smallest absolute Gasteiger partial charge is 0.282 e. The first-order valence-electron chi connectivity index (χ1n) is 10.5. The third kappa shape index (κ3) is 4.24. The zero-order valence-corrected chi connectivity index (χ0v) is 18.4. The van der Waals surface area contributed by atoms with Gasteiger partial charge in [-0.2, -0.15) is 5.01 Å². The third-order valence-electron chi connectivity index (χ3n) is 5.73. The van der Waals surface area contributed by atoms with Gasteiger partial charge < -0.3 is 20.5 Å². The number of aromatic nitrogens is 2. The van der Waals surface area contributed by atoms with Crippen LogP contribution in [0.4, 0.5) is 4.39 Å². The van der Waals surface area contributed by atoms with Crippen molar-refractivity contribution in [3.8, 4) is 0 Å². The van der Waals surface area contributed by atoms with Crippen LogP contribution in [0.25, 0.3) is 10.9 Å². The summed E-state index contributed by atoms with van der Waals surface area (Å²) in [7, 11) is 2.06. The van der Waals surface area contributed by atoms with Crippen LogP contribution >= 0.6 is 11.3 Å². The highest BCUT2D eigenvalue weighted by atomic mass is 32.1. The Morgan fingerprint density at radius 2 is 2.12 bits per heavy atom. The van der Waals surface area contributed by atoms with Crippen LogP contribution < -0.4 is 16.1 Å². The van der Waals surface area contributed by atoms with Gasteiger partial charge in [-0.1, -0.05) is 0 Å². The van der Waals surface area contributed by atoms with E-state index in [1.54, 1.807) is 17.1 Å². The van der Waals surface area contributed by atoms with Gasteiger partial charge in [0.1, 0.15) is 17.7 Å². The number of H-pyrrole nitrogens is 1. The average Bonchev–Trinajstić information content (AvgIpc) is 3.38. The topological polar surface area (TPSA) is 105 Å². The molecular weight excluding hydrogens is 433 g/mol. The van der Waals surface area contributed by atoms with Gasteiger partial charge in [-0.15, -0.1) is 11.3 Å². The van der Waals surface area contributed by atoms with Crippen molar-refractivity contribution in [3.05, 3.63) is 51.4 Å². The Hall–Kier alpha value is -2.86.